The van der Waals surface area contributed by atoms with Gasteiger partial charge in [-0.25, -0.2) is 0 Å². The Kier molecular flexibility index (Phi) is 2.48. The predicted molar refractivity (Wildman–Crippen MR) is 67.7 cm³/mol. The number of carbonyl (C=O) groups is 1. The summed E-state index contributed by atoms with van der Waals surface area (Å²) in [7, 11) is 0. The molecular weight excluding hydrogens is 226 g/mol. The summed E-state index contributed by atoms with van der Waals surface area (Å²) in [5, 5.41) is 12.8. The minimum atomic E-state index is 0.253. The van der Waals surface area contributed by atoms with Crippen molar-refractivity contribution in [1.82, 2.24) is 5.32 Å². The first kappa shape index (κ1) is 11.3. The van der Waals surface area contributed by atoms with Gasteiger partial charge in [0.2, 0.25) is 5.91 Å². The lowest BCUT2D eigenvalue weighted by atomic mass is 9.85. The molecule has 3 nitrogen and oxygen atoms in total. The van der Waals surface area contributed by atoms with Crippen molar-refractivity contribution in [2.24, 2.45) is 35.5 Å². The number of nitrogens with one attached hydrogen (secondary N) is 1. The molecule has 0 spiro atoms. The number of amides is 1. The average Bonchev–Trinajstić information content (AvgIpc) is 3.26. The fraction of sp³-hybridized carbons (Fsp3) is 0.933. The van der Waals surface area contributed by atoms with Crippen LogP contribution in [0.5, 0.6) is 0 Å². The van der Waals surface area contributed by atoms with Crippen molar-refractivity contribution in [3.63, 3.8) is 0 Å². The molecule has 2 N–H and O–H groups in total. The molecule has 4 aliphatic rings. The molecule has 0 heterocycles. The van der Waals surface area contributed by atoms with E-state index in [-0.39, 0.29) is 12.6 Å². The molecule has 6 atom stereocenters. The summed E-state index contributed by atoms with van der Waals surface area (Å²) >= 11 is 0. The fourth-order valence-corrected chi connectivity index (χ4v) is 4.73. The quantitative estimate of drug-likeness (QED) is 0.794. The van der Waals surface area contributed by atoms with Crippen LogP contribution in [0.15, 0.2) is 0 Å². The minimum Gasteiger partial charge on any atom is -0.396 e. The van der Waals surface area contributed by atoms with Gasteiger partial charge >= 0.3 is 0 Å². The molecule has 4 rings (SSSR count). The zero-order valence-electron chi connectivity index (χ0n) is 10.8. The normalized spacial score (nSPS) is 49.4. The van der Waals surface area contributed by atoms with Crippen molar-refractivity contribution in [2.45, 2.75) is 44.6 Å². The van der Waals surface area contributed by atoms with Crippen LogP contribution in [0.1, 0.15) is 38.5 Å². The van der Waals surface area contributed by atoms with Crippen molar-refractivity contribution < 1.29 is 9.90 Å². The molecule has 3 heteroatoms. The van der Waals surface area contributed by atoms with Gasteiger partial charge < -0.3 is 10.4 Å². The summed E-state index contributed by atoms with van der Waals surface area (Å²) < 4.78 is 0. The van der Waals surface area contributed by atoms with E-state index in [4.69, 9.17) is 0 Å². The number of hydrogen-bond acceptors (Lipinski definition) is 2. The number of carbonyl (C=O) groups excluding carboxylic acids is 1. The second-order valence-corrected chi connectivity index (χ2v) is 7.06. The van der Waals surface area contributed by atoms with Gasteiger partial charge in [-0.3, -0.25) is 4.79 Å². The highest BCUT2D eigenvalue weighted by molar-refractivity contribution is 5.82. The van der Waals surface area contributed by atoms with E-state index in [9.17, 15) is 9.90 Å². The lowest BCUT2D eigenvalue weighted by Crippen LogP contribution is -2.46. The summed E-state index contributed by atoms with van der Waals surface area (Å²) in [6, 6.07) is 0.279. The van der Waals surface area contributed by atoms with Gasteiger partial charge in [0.15, 0.2) is 0 Å². The van der Waals surface area contributed by atoms with Crippen LogP contribution in [-0.4, -0.2) is 23.7 Å². The molecule has 4 fully saturated rings. The topological polar surface area (TPSA) is 49.3 Å². The van der Waals surface area contributed by atoms with Gasteiger partial charge in [-0.05, 0) is 62.2 Å². The van der Waals surface area contributed by atoms with E-state index in [0.29, 0.717) is 35.5 Å². The second-order valence-electron chi connectivity index (χ2n) is 7.06. The number of rotatable bonds is 4. The van der Waals surface area contributed by atoms with E-state index in [1.165, 1.54) is 32.1 Å². The molecule has 1 amide bonds. The van der Waals surface area contributed by atoms with Crippen molar-refractivity contribution in [3.8, 4) is 0 Å². The maximum absolute atomic E-state index is 12.2. The van der Waals surface area contributed by atoms with Crippen LogP contribution in [0.25, 0.3) is 0 Å². The van der Waals surface area contributed by atoms with Crippen LogP contribution in [0.4, 0.5) is 0 Å². The Hall–Kier alpha value is -0.570. The smallest absolute Gasteiger partial charge is 0.223 e. The van der Waals surface area contributed by atoms with E-state index >= 15 is 0 Å². The zero-order valence-corrected chi connectivity index (χ0v) is 10.8. The third kappa shape index (κ3) is 1.70. The van der Waals surface area contributed by atoms with Crippen molar-refractivity contribution in [2.75, 3.05) is 6.61 Å². The van der Waals surface area contributed by atoms with Crippen LogP contribution in [-0.2, 0) is 4.79 Å². The third-order valence-corrected chi connectivity index (χ3v) is 6.01. The lowest BCUT2D eigenvalue weighted by Gasteiger charge is -2.30. The number of hydrogen-bond donors (Lipinski definition) is 2. The molecule has 0 saturated heterocycles. The first-order valence-corrected chi connectivity index (χ1v) is 7.69. The maximum atomic E-state index is 12.2. The predicted octanol–water partition coefficient (Wildman–Crippen LogP) is 1.56. The first-order chi connectivity index (χ1) is 8.78. The first-order valence-electron chi connectivity index (χ1n) is 7.69. The van der Waals surface area contributed by atoms with Crippen LogP contribution in [0, 0.1) is 35.5 Å². The van der Waals surface area contributed by atoms with Gasteiger partial charge in [0.1, 0.15) is 0 Å². The van der Waals surface area contributed by atoms with E-state index in [1.54, 1.807) is 0 Å². The number of fused-ring (bicyclic) bond motifs is 2. The Morgan fingerprint density at radius 1 is 1.06 bits per heavy atom. The van der Waals surface area contributed by atoms with E-state index in [1.807, 2.05) is 0 Å². The van der Waals surface area contributed by atoms with Gasteiger partial charge in [-0.1, -0.05) is 0 Å². The van der Waals surface area contributed by atoms with Gasteiger partial charge in [-0.2, -0.15) is 0 Å². The second kappa shape index (κ2) is 3.96. The van der Waals surface area contributed by atoms with Gasteiger partial charge in [0.25, 0.3) is 0 Å². The summed E-state index contributed by atoms with van der Waals surface area (Å²) in [4.78, 5) is 12.2. The van der Waals surface area contributed by atoms with Crippen molar-refractivity contribution in [3.05, 3.63) is 0 Å². The molecule has 2 bridgehead atoms. The molecule has 0 radical (unpaired) electrons. The molecule has 100 valence electrons. The van der Waals surface area contributed by atoms with Crippen LogP contribution >= 0.6 is 0 Å². The Morgan fingerprint density at radius 2 is 1.78 bits per heavy atom. The minimum absolute atomic E-state index is 0.253. The highest BCUT2D eigenvalue weighted by atomic mass is 16.3. The largest absolute Gasteiger partial charge is 0.396 e. The SMILES string of the molecule is O=C(NC1C2CCC(C2)C1CO)C1CC1C1CC1. The standard InChI is InChI=1S/C15H23NO2/c17-7-13-9-3-4-10(5-9)14(13)16-15(18)12-6-11(12)8-1-2-8/h8-14,17H,1-7H2,(H,16,18). The molecule has 6 unspecified atom stereocenters. The Bertz CT molecular complexity index is 366. The van der Waals surface area contributed by atoms with Crippen LogP contribution < -0.4 is 5.32 Å². The molecule has 0 aromatic carbocycles. The molecule has 18 heavy (non-hydrogen) atoms. The Labute approximate surface area is 108 Å². The highest BCUT2D eigenvalue weighted by Gasteiger charge is 2.53. The number of aliphatic hydroxyl groups excluding tert-OH is 1. The summed E-state index contributed by atoms with van der Waals surface area (Å²) in [6.07, 6.45) is 7.57. The maximum Gasteiger partial charge on any atom is 0.223 e. The van der Waals surface area contributed by atoms with Gasteiger partial charge in [0, 0.05) is 24.5 Å². The zero-order chi connectivity index (χ0) is 12.3. The molecule has 0 aromatic heterocycles. The number of aliphatic hydroxyl groups is 1. The summed E-state index contributed by atoms with van der Waals surface area (Å²) in [5.41, 5.74) is 0. The fourth-order valence-electron chi connectivity index (χ4n) is 4.73. The summed E-state index contributed by atoms with van der Waals surface area (Å²) in [5.74, 6) is 3.84. The van der Waals surface area contributed by atoms with Gasteiger partial charge in [-0.15, -0.1) is 0 Å². The lowest BCUT2D eigenvalue weighted by molar-refractivity contribution is -0.124. The monoisotopic (exact) mass is 249 g/mol. The van der Waals surface area contributed by atoms with Crippen LogP contribution in [0.2, 0.25) is 0 Å². The molecule has 0 aliphatic heterocycles. The van der Waals surface area contributed by atoms with E-state index in [0.717, 1.165) is 12.3 Å². The third-order valence-electron chi connectivity index (χ3n) is 6.01. The Balaban J connectivity index is 1.37. The van der Waals surface area contributed by atoms with Crippen molar-refractivity contribution >= 4 is 5.91 Å². The molecule has 0 aromatic rings. The van der Waals surface area contributed by atoms with E-state index in [2.05, 4.69) is 5.32 Å². The summed E-state index contributed by atoms with van der Waals surface area (Å²) in [6.45, 7) is 0.253. The molecule has 4 aliphatic carbocycles. The van der Waals surface area contributed by atoms with Crippen molar-refractivity contribution in [1.29, 1.82) is 0 Å². The van der Waals surface area contributed by atoms with E-state index < -0.39 is 0 Å². The van der Waals surface area contributed by atoms with Gasteiger partial charge in [0.05, 0.1) is 0 Å². The molecular formula is C15H23NO2. The molecule has 4 saturated carbocycles. The highest BCUT2D eigenvalue weighted by Crippen LogP contribution is 2.55. The van der Waals surface area contributed by atoms with Crippen LogP contribution in [0.3, 0.4) is 0 Å². The average molecular weight is 249 g/mol. The Morgan fingerprint density at radius 3 is 2.50 bits per heavy atom.